The minimum absolute atomic E-state index is 0.00154. The van der Waals surface area contributed by atoms with Gasteiger partial charge in [-0.15, -0.1) is 0 Å². The number of nitrogens with one attached hydrogen (secondary N) is 1. The lowest BCUT2D eigenvalue weighted by atomic mass is 10.2. The highest BCUT2D eigenvalue weighted by molar-refractivity contribution is 7.89. The first-order valence-corrected chi connectivity index (χ1v) is 7.87. The molecule has 1 unspecified atom stereocenters. The highest BCUT2D eigenvalue weighted by atomic mass is 32.2. The van der Waals surface area contributed by atoms with E-state index in [-0.39, 0.29) is 11.0 Å². The fourth-order valence-corrected chi connectivity index (χ4v) is 2.88. The topological polar surface area (TPSA) is 111 Å². The summed E-state index contributed by atoms with van der Waals surface area (Å²) in [5.74, 6) is 0. The molecule has 1 fully saturated rings. The van der Waals surface area contributed by atoms with Crippen LogP contribution in [0.5, 0.6) is 0 Å². The molecule has 0 saturated carbocycles. The summed E-state index contributed by atoms with van der Waals surface area (Å²) in [6.45, 7) is 2.89. The van der Waals surface area contributed by atoms with E-state index in [0.29, 0.717) is 24.5 Å². The molecule has 0 amide bonds. The van der Waals surface area contributed by atoms with Crippen LogP contribution < -0.4 is 16.2 Å². The highest BCUT2D eigenvalue weighted by Gasteiger charge is 2.19. The van der Waals surface area contributed by atoms with Crippen molar-refractivity contribution in [1.82, 2.24) is 4.90 Å². The SMILES string of the molecule is CN1CCOC(CNc2ccc(N)cc2S(N)(=O)=O)C1. The van der Waals surface area contributed by atoms with Crippen LogP contribution in [0, 0.1) is 0 Å². The minimum atomic E-state index is -3.81. The Balaban J connectivity index is 2.09. The van der Waals surface area contributed by atoms with E-state index in [2.05, 4.69) is 10.2 Å². The molecule has 1 heterocycles. The van der Waals surface area contributed by atoms with Crippen LogP contribution >= 0.6 is 0 Å². The molecule has 1 saturated heterocycles. The van der Waals surface area contributed by atoms with Crippen LogP contribution in [0.1, 0.15) is 0 Å². The molecule has 1 aliphatic heterocycles. The third-order valence-electron chi connectivity index (χ3n) is 3.17. The molecule has 0 bridgehead atoms. The van der Waals surface area contributed by atoms with Crippen LogP contribution in [-0.2, 0) is 14.8 Å². The second kappa shape index (κ2) is 5.96. The Morgan fingerprint density at radius 3 is 2.90 bits per heavy atom. The van der Waals surface area contributed by atoms with E-state index in [1.165, 1.54) is 6.07 Å². The number of nitrogens with two attached hydrogens (primary N) is 2. The lowest BCUT2D eigenvalue weighted by molar-refractivity contribution is -0.0117. The molecule has 7 nitrogen and oxygen atoms in total. The summed E-state index contributed by atoms with van der Waals surface area (Å²) in [7, 11) is -1.79. The number of morpholine rings is 1. The molecule has 1 aliphatic rings. The Bertz CT molecular complexity index is 576. The third kappa shape index (κ3) is 3.83. The van der Waals surface area contributed by atoms with E-state index < -0.39 is 10.0 Å². The molecule has 1 aromatic carbocycles. The van der Waals surface area contributed by atoms with Crippen LogP contribution in [-0.4, -0.2) is 52.7 Å². The number of primary sulfonamides is 1. The Hall–Kier alpha value is -1.35. The van der Waals surface area contributed by atoms with Gasteiger partial charge in [-0.05, 0) is 25.2 Å². The van der Waals surface area contributed by atoms with Crippen molar-refractivity contribution in [1.29, 1.82) is 0 Å². The van der Waals surface area contributed by atoms with E-state index in [4.69, 9.17) is 15.6 Å². The fraction of sp³-hybridized carbons (Fsp3) is 0.500. The number of benzene rings is 1. The predicted octanol–water partition coefficient (Wildman–Crippen LogP) is -0.341. The van der Waals surface area contributed by atoms with Gasteiger partial charge in [0, 0.05) is 25.3 Å². The van der Waals surface area contributed by atoms with Crippen LogP contribution in [0.3, 0.4) is 0 Å². The molecule has 0 radical (unpaired) electrons. The Kier molecular flexibility index (Phi) is 4.48. The first kappa shape index (κ1) is 15.0. The van der Waals surface area contributed by atoms with E-state index in [1.807, 2.05) is 7.05 Å². The quantitative estimate of drug-likeness (QED) is 0.656. The Morgan fingerprint density at radius 1 is 1.50 bits per heavy atom. The van der Waals surface area contributed by atoms with Crippen LogP contribution in [0.2, 0.25) is 0 Å². The monoisotopic (exact) mass is 300 g/mol. The van der Waals surface area contributed by atoms with Crippen LogP contribution in [0.4, 0.5) is 11.4 Å². The van der Waals surface area contributed by atoms with Gasteiger partial charge in [0.15, 0.2) is 0 Å². The van der Waals surface area contributed by atoms with Crippen molar-refractivity contribution in [2.45, 2.75) is 11.0 Å². The van der Waals surface area contributed by atoms with Crippen molar-refractivity contribution in [3.63, 3.8) is 0 Å². The van der Waals surface area contributed by atoms with E-state index >= 15 is 0 Å². The van der Waals surface area contributed by atoms with Crippen LogP contribution in [0.25, 0.3) is 0 Å². The average Bonchev–Trinajstić information content (AvgIpc) is 2.36. The fourth-order valence-electron chi connectivity index (χ4n) is 2.13. The van der Waals surface area contributed by atoms with Gasteiger partial charge in [-0.3, -0.25) is 0 Å². The van der Waals surface area contributed by atoms with Crippen molar-refractivity contribution >= 4 is 21.4 Å². The summed E-state index contributed by atoms with van der Waals surface area (Å²) in [5, 5.41) is 8.27. The maximum Gasteiger partial charge on any atom is 0.240 e. The largest absolute Gasteiger partial charge is 0.399 e. The standard InChI is InChI=1S/C12H20N4O3S/c1-16-4-5-19-10(8-16)7-15-11-3-2-9(13)6-12(11)20(14,17)18/h2-3,6,10,15H,4-5,7-8,13H2,1H3,(H2,14,17,18). The molecule has 0 spiro atoms. The number of hydrogen-bond donors (Lipinski definition) is 3. The van der Waals surface area contributed by atoms with Gasteiger partial charge in [-0.1, -0.05) is 0 Å². The maximum atomic E-state index is 11.6. The highest BCUT2D eigenvalue weighted by Crippen LogP contribution is 2.23. The molecular formula is C12H20N4O3S. The summed E-state index contributed by atoms with van der Waals surface area (Å²) in [5.41, 5.74) is 6.40. The number of nitrogen functional groups attached to an aromatic ring is 1. The number of ether oxygens (including phenoxy) is 1. The molecule has 5 N–H and O–H groups in total. The number of rotatable bonds is 4. The first-order valence-electron chi connectivity index (χ1n) is 6.32. The molecule has 20 heavy (non-hydrogen) atoms. The lowest BCUT2D eigenvalue weighted by Gasteiger charge is -2.30. The van der Waals surface area contributed by atoms with Crippen molar-refractivity contribution in [2.75, 3.05) is 44.3 Å². The zero-order valence-corrected chi connectivity index (χ0v) is 12.2. The molecule has 1 atom stereocenters. The second-order valence-electron chi connectivity index (χ2n) is 4.94. The Morgan fingerprint density at radius 2 is 2.25 bits per heavy atom. The molecule has 2 rings (SSSR count). The summed E-state index contributed by atoms with van der Waals surface area (Å²) in [4.78, 5) is 2.17. The molecule has 8 heteroatoms. The summed E-state index contributed by atoms with van der Waals surface area (Å²) in [6.07, 6.45) is 0.0135. The normalized spacial score (nSPS) is 20.8. The molecule has 0 aliphatic carbocycles. The minimum Gasteiger partial charge on any atom is -0.399 e. The van der Waals surface area contributed by atoms with E-state index in [1.54, 1.807) is 12.1 Å². The number of nitrogens with zero attached hydrogens (tertiary/aromatic N) is 1. The lowest BCUT2D eigenvalue weighted by Crippen LogP contribution is -2.43. The van der Waals surface area contributed by atoms with Gasteiger partial charge in [0.05, 0.1) is 18.4 Å². The predicted molar refractivity (Wildman–Crippen MR) is 78.0 cm³/mol. The molecule has 112 valence electrons. The number of hydrogen-bond acceptors (Lipinski definition) is 6. The number of anilines is 2. The number of likely N-dealkylation sites (N-methyl/N-ethyl adjacent to an activating group) is 1. The van der Waals surface area contributed by atoms with Gasteiger partial charge in [0.25, 0.3) is 0 Å². The van der Waals surface area contributed by atoms with Gasteiger partial charge in [0.2, 0.25) is 10.0 Å². The zero-order chi connectivity index (χ0) is 14.8. The van der Waals surface area contributed by atoms with E-state index in [0.717, 1.165) is 13.1 Å². The molecule has 1 aromatic rings. The third-order valence-corrected chi connectivity index (χ3v) is 4.13. The van der Waals surface area contributed by atoms with Gasteiger partial charge in [-0.2, -0.15) is 0 Å². The zero-order valence-electron chi connectivity index (χ0n) is 11.4. The summed E-state index contributed by atoms with van der Waals surface area (Å²) in [6, 6.07) is 4.60. The molecule has 0 aromatic heterocycles. The second-order valence-corrected chi connectivity index (χ2v) is 6.47. The van der Waals surface area contributed by atoms with Crippen molar-refractivity contribution in [3.05, 3.63) is 18.2 Å². The van der Waals surface area contributed by atoms with Gasteiger partial charge < -0.3 is 20.7 Å². The van der Waals surface area contributed by atoms with Crippen LogP contribution in [0.15, 0.2) is 23.1 Å². The average molecular weight is 300 g/mol. The van der Waals surface area contributed by atoms with Gasteiger partial charge >= 0.3 is 0 Å². The Labute approximate surface area is 118 Å². The van der Waals surface area contributed by atoms with Gasteiger partial charge in [-0.25, -0.2) is 13.6 Å². The first-order chi connectivity index (χ1) is 9.36. The van der Waals surface area contributed by atoms with E-state index in [9.17, 15) is 8.42 Å². The molecular weight excluding hydrogens is 280 g/mol. The van der Waals surface area contributed by atoms with Crippen molar-refractivity contribution in [2.24, 2.45) is 5.14 Å². The smallest absolute Gasteiger partial charge is 0.240 e. The van der Waals surface area contributed by atoms with Crippen molar-refractivity contribution < 1.29 is 13.2 Å². The van der Waals surface area contributed by atoms with Gasteiger partial charge in [0.1, 0.15) is 4.90 Å². The van der Waals surface area contributed by atoms with Crippen molar-refractivity contribution in [3.8, 4) is 0 Å². The number of sulfonamides is 1. The summed E-state index contributed by atoms with van der Waals surface area (Å²) < 4.78 is 28.7. The summed E-state index contributed by atoms with van der Waals surface area (Å²) >= 11 is 0. The maximum absolute atomic E-state index is 11.6.